The lowest BCUT2D eigenvalue weighted by molar-refractivity contribution is 0.507. The highest BCUT2D eigenvalue weighted by atomic mass is 79.9. The van der Waals surface area contributed by atoms with Gasteiger partial charge in [0.1, 0.15) is 0 Å². The van der Waals surface area contributed by atoms with E-state index in [2.05, 4.69) is 63.0 Å². The van der Waals surface area contributed by atoms with Crippen LogP contribution in [-0.2, 0) is 19.3 Å². The van der Waals surface area contributed by atoms with Crippen LogP contribution in [0.3, 0.4) is 0 Å². The first kappa shape index (κ1) is 18.1. The minimum absolute atomic E-state index is 0.169. The second kappa shape index (κ2) is 7.65. The molecule has 0 saturated carbocycles. The summed E-state index contributed by atoms with van der Waals surface area (Å²) in [5.41, 5.74) is 4.44. The Morgan fingerprint density at radius 2 is 1.54 bits per heavy atom. The van der Waals surface area contributed by atoms with E-state index in [0.29, 0.717) is 5.92 Å². The number of aryl methyl sites for hydroxylation is 1. The van der Waals surface area contributed by atoms with Gasteiger partial charge in [0.05, 0.1) is 4.83 Å². The normalized spacial score (nSPS) is 16.9. The molecule has 0 saturated heterocycles. The molecule has 0 heterocycles. The first-order valence-electron chi connectivity index (χ1n) is 8.33. The Balaban J connectivity index is 1.71. The van der Waals surface area contributed by atoms with Crippen LogP contribution in [0.15, 0.2) is 36.4 Å². The molecule has 0 bridgehead atoms. The van der Waals surface area contributed by atoms with Crippen molar-refractivity contribution in [2.45, 2.75) is 42.3 Å². The van der Waals surface area contributed by atoms with E-state index in [1.165, 1.54) is 23.3 Å². The van der Waals surface area contributed by atoms with E-state index in [4.69, 9.17) is 0 Å². The van der Waals surface area contributed by atoms with Crippen LogP contribution < -0.4 is 0 Å². The summed E-state index contributed by atoms with van der Waals surface area (Å²) in [7, 11) is 0. The fourth-order valence-corrected chi connectivity index (χ4v) is 4.87. The summed E-state index contributed by atoms with van der Waals surface area (Å²) in [5, 5.41) is 0. The molecule has 0 amide bonds. The molecule has 2 aromatic rings. The smallest absolute Gasteiger partial charge is 0.159 e. The van der Waals surface area contributed by atoms with E-state index in [1.807, 2.05) is 0 Å². The molecule has 0 fully saturated rings. The van der Waals surface area contributed by atoms with Gasteiger partial charge in [0.2, 0.25) is 0 Å². The minimum Gasteiger partial charge on any atom is -0.204 e. The van der Waals surface area contributed by atoms with Crippen LogP contribution in [0.25, 0.3) is 0 Å². The van der Waals surface area contributed by atoms with E-state index in [1.54, 1.807) is 0 Å². The predicted octanol–water partition coefficient (Wildman–Crippen LogP) is 6.53. The second-order valence-electron chi connectivity index (χ2n) is 6.54. The Hall–Kier alpha value is -0.740. The van der Waals surface area contributed by atoms with E-state index in [-0.39, 0.29) is 9.65 Å². The first-order valence-corrected chi connectivity index (χ1v) is 10.2. The first-order chi connectivity index (χ1) is 11.5. The number of rotatable bonds is 5. The van der Waals surface area contributed by atoms with Gasteiger partial charge in [-0.3, -0.25) is 0 Å². The van der Waals surface area contributed by atoms with Gasteiger partial charge in [0.25, 0.3) is 0 Å². The summed E-state index contributed by atoms with van der Waals surface area (Å²) in [5.74, 6) is -1.18. The number of hydrogen-bond acceptors (Lipinski definition) is 0. The van der Waals surface area contributed by atoms with Crippen LogP contribution in [0.2, 0.25) is 0 Å². The summed E-state index contributed by atoms with van der Waals surface area (Å²) in [6.45, 7) is 2.18. The third-order valence-electron chi connectivity index (χ3n) is 4.77. The van der Waals surface area contributed by atoms with Gasteiger partial charge >= 0.3 is 0 Å². The number of fused-ring (bicyclic) bond motifs is 1. The fourth-order valence-electron chi connectivity index (χ4n) is 3.45. The van der Waals surface area contributed by atoms with Crippen LogP contribution in [0.4, 0.5) is 8.78 Å². The van der Waals surface area contributed by atoms with Crippen molar-refractivity contribution in [1.29, 1.82) is 0 Å². The second-order valence-corrected chi connectivity index (χ2v) is 8.58. The average molecular weight is 458 g/mol. The Morgan fingerprint density at radius 3 is 2.04 bits per heavy atom. The quantitative estimate of drug-likeness (QED) is 0.447. The number of halogens is 4. The maximum atomic E-state index is 13.4. The number of hydrogen-bond donors (Lipinski definition) is 0. The van der Waals surface area contributed by atoms with Gasteiger partial charge in [-0.05, 0) is 59.6 Å². The van der Waals surface area contributed by atoms with E-state index in [9.17, 15) is 8.78 Å². The van der Waals surface area contributed by atoms with E-state index >= 15 is 0 Å². The zero-order chi connectivity index (χ0) is 17.3. The Kier molecular flexibility index (Phi) is 5.76. The lowest BCUT2D eigenvalue weighted by Gasteiger charge is -2.23. The predicted molar refractivity (Wildman–Crippen MR) is 102 cm³/mol. The molecule has 128 valence electrons. The van der Waals surface area contributed by atoms with Gasteiger partial charge in [0.15, 0.2) is 11.6 Å². The summed E-state index contributed by atoms with van der Waals surface area (Å²) in [6.07, 6.45) is 3.79. The number of alkyl halides is 2. The summed E-state index contributed by atoms with van der Waals surface area (Å²) in [6, 6.07) is 11.4. The largest absolute Gasteiger partial charge is 0.204 e. The van der Waals surface area contributed by atoms with Crippen molar-refractivity contribution in [3.05, 3.63) is 70.3 Å². The Morgan fingerprint density at radius 1 is 1.00 bits per heavy atom. The highest BCUT2D eigenvalue weighted by molar-refractivity contribution is 9.12. The van der Waals surface area contributed by atoms with Crippen molar-refractivity contribution in [2.75, 3.05) is 0 Å². The van der Waals surface area contributed by atoms with E-state index in [0.717, 1.165) is 36.8 Å². The van der Waals surface area contributed by atoms with Gasteiger partial charge in [-0.15, -0.1) is 0 Å². The van der Waals surface area contributed by atoms with Crippen LogP contribution in [0.5, 0.6) is 0 Å². The molecule has 2 unspecified atom stereocenters. The molecule has 0 nitrogen and oxygen atoms in total. The van der Waals surface area contributed by atoms with Gasteiger partial charge in [-0.2, -0.15) is 0 Å². The summed E-state index contributed by atoms with van der Waals surface area (Å²) >= 11 is 7.62. The molecule has 4 heteroatoms. The molecule has 2 atom stereocenters. The zero-order valence-electron chi connectivity index (χ0n) is 13.5. The third kappa shape index (κ3) is 3.75. The van der Waals surface area contributed by atoms with Crippen molar-refractivity contribution in [1.82, 2.24) is 0 Å². The summed E-state index contributed by atoms with van der Waals surface area (Å²) in [4.78, 5) is 0.371. The third-order valence-corrected chi connectivity index (χ3v) is 7.86. The molecule has 0 spiro atoms. The molecule has 24 heavy (non-hydrogen) atoms. The Bertz CT molecular complexity index is 681. The molecule has 2 aromatic carbocycles. The van der Waals surface area contributed by atoms with Gasteiger partial charge in [-0.25, -0.2) is 8.78 Å². The van der Waals surface area contributed by atoms with Crippen molar-refractivity contribution in [3.63, 3.8) is 0 Å². The number of benzene rings is 2. The fraction of sp³-hybridized carbons (Fsp3) is 0.400. The van der Waals surface area contributed by atoms with Crippen LogP contribution in [0.1, 0.15) is 40.4 Å². The molecule has 3 rings (SSSR count). The lowest BCUT2D eigenvalue weighted by Crippen LogP contribution is -2.19. The molecule has 0 radical (unpaired) electrons. The maximum Gasteiger partial charge on any atom is 0.159 e. The molecule has 1 aliphatic carbocycles. The van der Waals surface area contributed by atoms with Crippen LogP contribution in [0, 0.1) is 17.6 Å². The topological polar surface area (TPSA) is 0 Å². The minimum atomic E-state index is -0.748. The van der Waals surface area contributed by atoms with Crippen molar-refractivity contribution < 1.29 is 8.78 Å². The molecule has 0 N–H and O–H groups in total. The van der Waals surface area contributed by atoms with Crippen LogP contribution in [-0.4, -0.2) is 4.83 Å². The SMILES string of the molecule is CCCc1ccc(C(Br)C(Br)C2Cc3cc(F)c(F)cc3C2)cc1. The standard InChI is InChI=1S/C20H20Br2F2/c1-2-3-12-4-6-13(7-5-12)19(21)20(22)16-8-14-10-17(23)18(24)11-15(14)9-16/h4-7,10-11,16,19-20H,2-3,8-9H2,1H3. The molecular weight excluding hydrogens is 438 g/mol. The van der Waals surface area contributed by atoms with Gasteiger partial charge in [-0.1, -0.05) is 69.5 Å². The maximum absolute atomic E-state index is 13.4. The van der Waals surface area contributed by atoms with Gasteiger partial charge in [0, 0.05) is 4.83 Å². The lowest BCUT2D eigenvalue weighted by atomic mass is 9.96. The van der Waals surface area contributed by atoms with Crippen LogP contribution >= 0.6 is 31.9 Å². The van der Waals surface area contributed by atoms with E-state index < -0.39 is 11.6 Å². The Labute approximate surface area is 158 Å². The monoisotopic (exact) mass is 456 g/mol. The molecule has 0 aromatic heterocycles. The zero-order valence-corrected chi connectivity index (χ0v) is 16.7. The highest BCUT2D eigenvalue weighted by Gasteiger charge is 2.32. The highest BCUT2D eigenvalue weighted by Crippen LogP contribution is 2.41. The summed E-state index contributed by atoms with van der Waals surface area (Å²) < 4.78 is 26.9. The van der Waals surface area contributed by atoms with Crippen molar-refractivity contribution in [3.8, 4) is 0 Å². The van der Waals surface area contributed by atoms with Crippen molar-refractivity contribution >= 4 is 31.9 Å². The van der Waals surface area contributed by atoms with Crippen molar-refractivity contribution in [2.24, 2.45) is 5.92 Å². The molecule has 0 aliphatic heterocycles. The average Bonchev–Trinajstić information content (AvgIpc) is 2.97. The molecular formula is C20H20Br2F2. The molecule has 1 aliphatic rings. The van der Waals surface area contributed by atoms with Gasteiger partial charge < -0.3 is 0 Å².